The molecule has 0 saturated heterocycles. The van der Waals surface area contributed by atoms with E-state index in [0.29, 0.717) is 16.5 Å². The molecule has 1 fully saturated rings. The number of hydrogen-bond donors (Lipinski definition) is 2. The molecule has 3 rings (SSSR count). The molecule has 1 aromatic heterocycles. The van der Waals surface area contributed by atoms with Gasteiger partial charge in [-0.2, -0.15) is 5.10 Å². The Morgan fingerprint density at radius 3 is 2.78 bits per heavy atom. The number of ether oxygens (including phenoxy) is 1. The average Bonchev–Trinajstić information content (AvgIpc) is 3.34. The van der Waals surface area contributed by atoms with Crippen LogP contribution in [0, 0.1) is 10.7 Å². The number of amides is 1. The number of rotatable bonds is 6. The molecule has 122 valence electrons. The lowest BCUT2D eigenvalue weighted by atomic mass is 10.2. The molecule has 1 aliphatic rings. The van der Waals surface area contributed by atoms with Crippen molar-refractivity contribution < 1.29 is 9.53 Å². The normalized spacial score (nSPS) is 15.2. The maximum absolute atomic E-state index is 12.2. The van der Waals surface area contributed by atoms with Gasteiger partial charge >= 0.3 is 0 Å². The van der Waals surface area contributed by atoms with Crippen LogP contribution < -0.4 is 10.1 Å². The van der Waals surface area contributed by atoms with Crippen molar-refractivity contribution in [3.8, 4) is 17.1 Å². The van der Waals surface area contributed by atoms with Gasteiger partial charge in [0.25, 0.3) is 0 Å². The first kappa shape index (κ1) is 15.7. The summed E-state index contributed by atoms with van der Waals surface area (Å²) in [6, 6.07) is 7.71. The lowest BCUT2D eigenvalue weighted by Gasteiger charge is -2.13. The first-order chi connectivity index (χ1) is 11.1. The van der Waals surface area contributed by atoms with Crippen LogP contribution in [0.2, 0.25) is 0 Å². The molecule has 7 heteroatoms. The molecule has 0 aliphatic heterocycles. The van der Waals surface area contributed by atoms with Crippen LogP contribution >= 0.6 is 12.2 Å². The molecule has 1 atom stereocenters. The lowest BCUT2D eigenvalue weighted by molar-refractivity contribution is -0.122. The molecule has 1 aromatic carbocycles. The summed E-state index contributed by atoms with van der Waals surface area (Å²) in [4.78, 5) is 12.2. The number of hydrogen-bond acceptors (Lipinski definition) is 4. The number of methoxy groups -OCH3 is 1. The summed E-state index contributed by atoms with van der Waals surface area (Å²) in [5.74, 6) is 1.99. The van der Waals surface area contributed by atoms with E-state index < -0.39 is 0 Å². The van der Waals surface area contributed by atoms with E-state index in [9.17, 15) is 4.79 Å². The average molecular weight is 332 g/mol. The van der Waals surface area contributed by atoms with Crippen molar-refractivity contribution in [1.82, 2.24) is 20.1 Å². The molecule has 1 saturated carbocycles. The van der Waals surface area contributed by atoms with Gasteiger partial charge in [-0.3, -0.25) is 14.5 Å². The summed E-state index contributed by atoms with van der Waals surface area (Å²) in [5.41, 5.74) is 0.876. The van der Waals surface area contributed by atoms with Crippen LogP contribution in [0.15, 0.2) is 24.3 Å². The van der Waals surface area contributed by atoms with Gasteiger partial charge in [-0.25, -0.2) is 0 Å². The number of nitrogens with one attached hydrogen (secondary N) is 2. The van der Waals surface area contributed by atoms with Gasteiger partial charge < -0.3 is 10.1 Å². The third-order valence-electron chi connectivity index (χ3n) is 4.13. The number of nitrogens with zero attached hydrogens (tertiary/aromatic N) is 2. The van der Waals surface area contributed by atoms with Crippen molar-refractivity contribution in [2.45, 2.75) is 32.4 Å². The minimum absolute atomic E-state index is 0.0448. The van der Waals surface area contributed by atoms with Crippen molar-refractivity contribution in [3.63, 3.8) is 0 Å². The van der Waals surface area contributed by atoms with Gasteiger partial charge in [0.15, 0.2) is 10.6 Å². The fourth-order valence-electron chi connectivity index (χ4n) is 2.58. The summed E-state index contributed by atoms with van der Waals surface area (Å²) in [6.07, 6.45) is 2.40. The largest absolute Gasteiger partial charge is 0.497 e. The van der Waals surface area contributed by atoms with Crippen LogP contribution in [0.4, 0.5) is 0 Å². The van der Waals surface area contributed by atoms with Crippen LogP contribution in [-0.4, -0.2) is 33.8 Å². The molecule has 0 bridgehead atoms. The van der Waals surface area contributed by atoms with Gasteiger partial charge in [0, 0.05) is 11.6 Å². The predicted molar refractivity (Wildman–Crippen MR) is 89.7 cm³/mol. The quantitative estimate of drug-likeness (QED) is 0.798. The number of aromatic amines is 1. The minimum Gasteiger partial charge on any atom is -0.497 e. The summed E-state index contributed by atoms with van der Waals surface area (Å²) in [5, 5.41) is 10.0. The van der Waals surface area contributed by atoms with E-state index in [4.69, 9.17) is 17.0 Å². The molecular formula is C16H20N4O2S. The third kappa shape index (κ3) is 3.61. The highest BCUT2D eigenvalue weighted by Gasteiger charge is 2.29. The second-order valence-corrected chi connectivity index (χ2v) is 6.25. The number of H-pyrrole nitrogens is 1. The second-order valence-electron chi connectivity index (χ2n) is 5.86. The Bertz CT molecular complexity index is 746. The lowest BCUT2D eigenvalue weighted by Crippen LogP contribution is -2.36. The molecule has 23 heavy (non-hydrogen) atoms. The van der Waals surface area contributed by atoms with Gasteiger partial charge in [0.1, 0.15) is 12.3 Å². The minimum atomic E-state index is -0.0448. The fraction of sp³-hybridized carbons (Fsp3) is 0.438. The molecule has 1 amide bonds. The zero-order valence-electron chi connectivity index (χ0n) is 13.2. The van der Waals surface area contributed by atoms with Crippen molar-refractivity contribution >= 4 is 18.1 Å². The van der Waals surface area contributed by atoms with Gasteiger partial charge in [-0.1, -0.05) is 0 Å². The van der Waals surface area contributed by atoms with E-state index >= 15 is 0 Å². The number of benzene rings is 1. The predicted octanol–water partition coefficient (Wildman–Crippen LogP) is 2.53. The van der Waals surface area contributed by atoms with Crippen LogP contribution in [0.5, 0.6) is 5.75 Å². The van der Waals surface area contributed by atoms with Gasteiger partial charge in [0.2, 0.25) is 5.91 Å². The van der Waals surface area contributed by atoms with Gasteiger partial charge in [-0.15, -0.1) is 0 Å². The summed E-state index contributed by atoms with van der Waals surface area (Å²) in [6.45, 7) is 2.21. The highest BCUT2D eigenvalue weighted by molar-refractivity contribution is 7.71. The van der Waals surface area contributed by atoms with E-state index in [1.54, 1.807) is 11.7 Å². The maximum Gasteiger partial charge on any atom is 0.240 e. The Kier molecular flexibility index (Phi) is 4.47. The molecule has 6 nitrogen and oxygen atoms in total. The first-order valence-electron chi connectivity index (χ1n) is 7.67. The molecule has 1 unspecified atom stereocenters. The second kappa shape index (κ2) is 6.54. The Hall–Kier alpha value is -2.15. The molecule has 0 radical (unpaired) electrons. The number of carbonyl (C=O) groups excluding carboxylic acids is 1. The third-order valence-corrected chi connectivity index (χ3v) is 4.44. The van der Waals surface area contributed by atoms with E-state index in [1.807, 2.05) is 24.3 Å². The van der Waals surface area contributed by atoms with Crippen LogP contribution in [0.3, 0.4) is 0 Å². The van der Waals surface area contributed by atoms with Gasteiger partial charge in [-0.05, 0) is 62.2 Å². The van der Waals surface area contributed by atoms with Crippen molar-refractivity contribution in [2.24, 2.45) is 5.92 Å². The standard InChI is InChI=1S/C16H20N4O2S/c1-10(11-3-4-11)17-14(21)9-20-15(18-19-16(20)23)12-5-7-13(22-2)8-6-12/h5-8,10-11H,3-4,9H2,1-2H3,(H,17,21)(H,19,23). The SMILES string of the molecule is COc1ccc(-c2n[nH]c(=S)n2CC(=O)NC(C)C2CC2)cc1. The number of carbonyl (C=O) groups is 1. The topological polar surface area (TPSA) is 71.9 Å². The van der Waals surface area contributed by atoms with Crippen LogP contribution in [-0.2, 0) is 11.3 Å². The van der Waals surface area contributed by atoms with E-state index in [-0.39, 0.29) is 18.5 Å². The summed E-state index contributed by atoms with van der Waals surface area (Å²) < 4.78 is 7.31. The van der Waals surface area contributed by atoms with Crippen molar-refractivity contribution in [1.29, 1.82) is 0 Å². The summed E-state index contributed by atoms with van der Waals surface area (Å²) in [7, 11) is 1.62. The van der Waals surface area contributed by atoms with Crippen LogP contribution in [0.25, 0.3) is 11.4 Å². The zero-order chi connectivity index (χ0) is 16.4. The Labute approximate surface area is 139 Å². The molecular weight excluding hydrogens is 312 g/mol. The Morgan fingerprint density at radius 1 is 1.48 bits per heavy atom. The highest BCUT2D eigenvalue weighted by atomic mass is 32.1. The Balaban J connectivity index is 1.77. The monoisotopic (exact) mass is 332 g/mol. The van der Waals surface area contributed by atoms with E-state index in [1.165, 1.54) is 12.8 Å². The van der Waals surface area contributed by atoms with E-state index in [2.05, 4.69) is 22.4 Å². The molecule has 1 heterocycles. The first-order valence-corrected chi connectivity index (χ1v) is 8.08. The van der Waals surface area contributed by atoms with Crippen molar-refractivity contribution in [3.05, 3.63) is 29.0 Å². The molecule has 1 aliphatic carbocycles. The smallest absolute Gasteiger partial charge is 0.240 e. The fourth-order valence-corrected chi connectivity index (χ4v) is 2.78. The molecule has 2 N–H and O–H groups in total. The highest BCUT2D eigenvalue weighted by Crippen LogP contribution is 2.32. The number of aromatic nitrogens is 3. The zero-order valence-corrected chi connectivity index (χ0v) is 14.0. The summed E-state index contributed by atoms with van der Waals surface area (Å²) >= 11 is 5.26. The Morgan fingerprint density at radius 2 is 2.17 bits per heavy atom. The van der Waals surface area contributed by atoms with Crippen molar-refractivity contribution in [2.75, 3.05) is 7.11 Å². The van der Waals surface area contributed by atoms with E-state index in [0.717, 1.165) is 11.3 Å². The van der Waals surface area contributed by atoms with Crippen LogP contribution in [0.1, 0.15) is 19.8 Å². The maximum atomic E-state index is 12.2. The van der Waals surface area contributed by atoms with Gasteiger partial charge in [0.05, 0.1) is 7.11 Å². The molecule has 0 spiro atoms. The molecule has 2 aromatic rings.